The molecule has 1 heterocycles. The minimum absolute atomic E-state index is 0.0641. The molecular formula is C23H21N3O3S2. The van der Waals surface area contributed by atoms with Gasteiger partial charge in [-0.15, -0.1) is 4.40 Å². The van der Waals surface area contributed by atoms with E-state index in [0.717, 1.165) is 22.9 Å². The molecule has 0 fully saturated rings. The lowest BCUT2D eigenvalue weighted by Crippen LogP contribution is -2.35. The number of thioether (sulfide) groups is 1. The first-order chi connectivity index (χ1) is 15.0. The van der Waals surface area contributed by atoms with Crippen molar-refractivity contribution in [3.8, 4) is 0 Å². The predicted molar refractivity (Wildman–Crippen MR) is 124 cm³/mol. The highest BCUT2D eigenvalue weighted by molar-refractivity contribution is 8.15. The Hall–Kier alpha value is -3.10. The molecule has 0 atom stereocenters. The van der Waals surface area contributed by atoms with Crippen molar-refractivity contribution in [2.75, 3.05) is 10.7 Å². The largest absolute Gasteiger partial charge is 0.351 e. The van der Waals surface area contributed by atoms with Gasteiger partial charge in [0.15, 0.2) is 5.17 Å². The van der Waals surface area contributed by atoms with Crippen molar-refractivity contribution in [3.05, 3.63) is 96.1 Å². The van der Waals surface area contributed by atoms with E-state index in [1.165, 1.54) is 0 Å². The van der Waals surface area contributed by atoms with Crippen LogP contribution in [0.5, 0.6) is 0 Å². The fraction of sp³-hybridized carbons (Fsp3) is 0.130. The molecule has 0 saturated carbocycles. The molecule has 0 saturated heterocycles. The van der Waals surface area contributed by atoms with Crippen LogP contribution in [0, 0.1) is 0 Å². The molecule has 1 aliphatic rings. The van der Waals surface area contributed by atoms with Crippen LogP contribution in [0.4, 0.5) is 5.69 Å². The number of hydrogen-bond donors (Lipinski definition) is 1. The standard InChI is InChI=1S/C23H21N3O3S2/c27-22(24-15-18-9-3-1-4-10-18)17-30-23-25-31(28,29)21-14-8-7-13-20(21)26(23)16-19-11-5-2-6-12-19/h1-14H,15-17H2,(H,24,27). The highest BCUT2D eigenvalue weighted by Crippen LogP contribution is 2.35. The Morgan fingerprint density at radius 3 is 2.19 bits per heavy atom. The van der Waals surface area contributed by atoms with E-state index in [2.05, 4.69) is 9.71 Å². The van der Waals surface area contributed by atoms with Crippen LogP contribution in [0.3, 0.4) is 0 Å². The van der Waals surface area contributed by atoms with Gasteiger partial charge in [-0.05, 0) is 23.3 Å². The third-order valence-electron chi connectivity index (χ3n) is 4.71. The SMILES string of the molecule is O=C(CSC1=NS(=O)(=O)c2ccccc2N1Cc1ccccc1)NCc1ccccc1. The van der Waals surface area contributed by atoms with E-state index in [0.29, 0.717) is 18.8 Å². The molecule has 0 spiro atoms. The Morgan fingerprint density at radius 2 is 1.48 bits per heavy atom. The summed E-state index contributed by atoms with van der Waals surface area (Å²) in [6.07, 6.45) is 0. The molecule has 0 unspecified atom stereocenters. The van der Waals surface area contributed by atoms with Crippen LogP contribution < -0.4 is 10.2 Å². The van der Waals surface area contributed by atoms with E-state index in [9.17, 15) is 13.2 Å². The highest BCUT2D eigenvalue weighted by Gasteiger charge is 2.31. The molecule has 1 aliphatic heterocycles. The van der Waals surface area contributed by atoms with Crippen LogP contribution in [-0.2, 0) is 27.9 Å². The lowest BCUT2D eigenvalue weighted by molar-refractivity contribution is -0.118. The van der Waals surface area contributed by atoms with Crippen molar-refractivity contribution >= 4 is 38.5 Å². The molecule has 31 heavy (non-hydrogen) atoms. The first-order valence-electron chi connectivity index (χ1n) is 9.72. The number of hydrogen-bond acceptors (Lipinski definition) is 5. The fourth-order valence-corrected chi connectivity index (χ4v) is 5.49. The summed E-state index contributed by atoms with van der Waals surface area (Å²) in [5, 5.41) is 3.15. The molecule has 1 N–H and O–H groups in total. The molecule has 4 rings (SSSR count). The third kappa shape index (κ3) is 5.15. The Balaban J connectivity index is 1.52. The Kier molecular flexibility index (Phi) is 6.39. The second-order valence-electron chi connectivity index (χ2n) is 6.94. The molecule has 1 amide bonds. The molecule has 6 nitrogen and oxygen atoms in total. The molecular weight excluding hydrogens is 430 g/mol. The summed E-state index contributed by atoms with van der Waals surface area (Å²) in [5.41, 5.74) is 2.57. The molecule has 3 aromatic carbocycles. The van der Waals surface area contributed by atoms with Crippen LogP contribution in [0.25, 0.3) is 0 Å². The number of para-hydroxylation sites is 1. The number of benzene rings is 3. The summed E-state index contributed by atoms with van der Waals surface area (Å²) in [6, 6.07) is 26.2. The summed E-state index contributed by atoms with van der Waals surface area (Å²) >= 11 is 1.12. The zero-order chi connectivity index (χ0) is 21.7. The number of carbonyl (C=O) groups excluding carboxylic acids is 1. The van der Waals surface area contributed by atoms with Gasteiger partial charge in [0, 0.05) is 6.54 Å². The van der Waals surface area contributed by atoms with Gasteiger partial charge in [-0.3, -0.25) is 4.79 Å². The van der Waals surface area contributed by atoms with E-state index in [1.807, 2.05) is 65.6 Å². The van der Waals surface area contributed by atoms with Crippen molar-refractivity contribution < 1.29 is 13.2 Å². The van der Waals surface area contributed by atoms with Crippen LogP contribution in [0.1, 0.15) is 11.1 Å². The second-order valence-corrected chi connectivity index (χ2v) is 9.45. The first-order valence-corrected chi connectivity index (χ1v) is 12.1. The Morgan fingerprint density at radius 1 is 0.871 bits per heavy atom. The zero-order valence-electron chi connectivity index (χ0n) is 16.6. The van der Waals surface area contributed by atoms with Gasteiger partial charge in [-0.2, -0.15) is 8.42 Å². The van der Waals surface area contributed by atoms with Crippen molar-refractivity contribution in [1.82, 2.24) is 5.32 Å². The van der Waals surface area contributed by atoms with E-state index in [1.54, 1.807) is 24.3 Å². The number of carbonyl (C=O) groups is 1. The lowest BCUT2D eigenvalue weighted by atomic mass is 10.2. The zero-order valence-corrected chi connectivity index (χ0v) is 18.3. The maximum absolute atomic E-state index is 12.7. The lowest BCUT2D eigenvalue weighted by Gasteiger charge is -2.30. The van der Waals surface area contributed by atoms with Gasteiger partial charge in [0.2, 0.25) is 5.91 Å². The quantitative estimate of drug-likeness (QED) is 0.617. The van der Waals surface area contributed by atoms with Gasteiger partial charge in [-0.1, -0.05) is 84.6 Å². The average Bonchev–Trinajstić information content (AvgIpc) is 2.80. The molecule has 3 aromatic rings. The predicted octanol–water partition coefficient (Wildman–Crippen LogP) is 3.80. The molecule has 8 heteroatoms. The maximum atomic E-state index is 12.7. The van der Waals surface area contributed by atoms with Crippen LogP contribution in [-0.4, -0.2) is 25.2 Å². The van der Waals surface area contributed by atoms with Gasteiger partial charge in [0.05, 0.1) is 18.0 Å². The number of sulfonamides is 1. The highest BCUT2D eigenvalue weighted by atomic mass is 32.2. The average molecular weight is 452 g/mol. The molecule has 158 valence electrons. The van der Waals surface area contributed by atoms with Gasteiger partial charge < -0.3 is 10.2 Å². The van der Waals surface area contributed by atoms with Crippen molar-refractivity contribution in [2.24, 2.45) is 4.40 Å². The summed E-state index contributed by atoms with van der Waals surface area (Å²) in [4.78, 5) is 14.4. The van der Waals surface area contributed by atoms with Crippen molar-refractivity contribution in [2.45, 2.75) is 18.0 Å². The fourth-order valence-electron chi connectivity index (χ4n) is 3.20. The third-order valence-corrected chi connectivity index (χ3v) is 7.12. The second kappa shape index (κ2) is 9.36. The van der Waals surface area contributed by atoms with E-state index >= 15 is 0 Å². The summed E-state index contributed by atoms with van der Waals surface area (Å²) in [7, 11) is -3.83. The summed E-state index contributed by atoms with van der Waals surface area (Å²) in [6.45, 7) is 0.867. The topological polar surface area (TPSA) is 78.8 Å². The Bertz CT molecular complexity index is 1200. The van der Waals surface area contributed by atoms with Gasteiger partial charge in [0.1, 0.15) is 4.90 Å². The van der Waals surface area contributed by atoms with Gasteiger partial charge in [-0.25, -0.2) is 0 Å². The van der Waals surface area contributed by atoms with Gasteiger partial charge in [0.25, 0.3) is 10.0 Å². The van der Waals surface area contributed by atoms with Crippen molar-refractivity contribution in [1.29, 1.82) is 0 Å². The summed E-state index contributed by atoms with van der Waals surface area (Å²) < 4.78 is 29.4. The smallest absolute Gasteiger partial charge is 0.286 e. The molecule has 0 radical (unpaired) electrons. The van der Waals surface area contributed by atoms with Crippen molar-refractivity contribution in [3.63, 3.8) is 0 Å². The maximum Gasteiger partial charge on any atom is 0.286 e. The van der Waals surface area contributed by atoms with E-state index in [-0.39, 0.29) is 21.7 Å². The van der Waals surface area contributed by atoms with Crippen LogP contribution in [0.2, 0.25) is 0 Å². The first kappa shape index (κ1) is 21.1. The molecule has 0 aromatic heterocycles. The monoisotopic (exact) mass is 451 g/mol. The number of nitrogens with zero attached hydrogens (tertiary/aromatic N) is 2. The number of fused-ring (bicyclic) bond motifs is 1. The van der Waals surface area contributed by atoms with E-state index < -0.39 is 10.0 Å². The minimum atomic E-state index is -3.83. The molecule has 0 aliphatic carbocycles. The number of amides is 1. The number of amidine groups is 1. The van der Waals surface area contributed by atoms with Crippen LogP contribution >= 0.6 is 11.8 Å². The number of nitrogens with one attached hydrogen (secondary N) is 1. The van der Waals surface area contributed by atoms with E-state index in [4.69, 9.17) is 0 Å². The number of rotatable bonds is 6. The van der Waals surface area contributed by atoms with Crippen LogP contribution in [0.15, 0.2) is 94.2 Å². The summed E-state index contributed by atoms with van der Waals surface area (Å²) in [5.74, 6) is -0.123. The minimum Gasteiger partial charge on any atom is -0.351 e. The normalized spacial score (nSPS) is 14.5. The van der Waals surface area contributed by atoms with Gasteiger partial charge >= 0.3 is 0 Å². The molecule has 0 bridgehead atoms. The number of anilines is 1. The Labute approximate surface area is 186 Å².